The van der Waals surface area contributed by atoms with Crippen molar-refractivity contribution in [1.82, 2.24) is 10.3 Å². The normalized spacial score (nSPS) is 16.2. The summed E-state index contributed by atoms with van der Waals surface area (Å²) in [6.07, 6.45) is 2.07. The molecule has 0 saturated carbocycles. The molecule has 30 heavy (non-hydrogen) atoms. The van der Waals surface area contributed by atoms with E-state index in [2.05, 4.69) is 45.4 Å². The maximum Gasteiger partial charge on any atom is 0.415 e. The van der Waals surface area contributed by atoms with Crippen molar-refractivity contribution < 1.29 is 18.7 Å². The number of fused-ring (bicyclic) bond motifs is 2. The van der Waals surface area contributed by atoms with Crippen LogP contribution in [0.5, 0.6) is 0 Å². The third kappa shape index (κ3) is 3.76. The first-order valence-corrected chi connectivity index (χ1v) is 10.0. The maximum absolute atomic E-state index is 11.5. The van der Waals surface area contributed by atoms with Crippen LogP contribution >= 0.6 is 0 Å². The number of cyclic esters (lactones) is 2. The van der Waals surface area contributed by atoms with E-state index in [0.717, 1.165) is 35.1 Å². The summed E-state index contributed by atoms with van der Waals surface area (Å²) >= 11 is 0. The second kappa shape index (κ2) is 7.63. The van der Waals surface area contributed by atoms with E-state index in [4.69, 9.17) is 4.42 Å². The van der Waals surface area contributed by atoms with E-state index in [1.54, 1.807) is 0 Å². The molecule has 150 valence electrons. The van der Waals surface area contributed by atoms with Gasteiger partial charge in [-0.1, -0.05) is 48.5 Å². The van der Waals surface area contributed by atoms with E-state index in [1.165, 1.54) is 10.8 Å². The van der Waals surface area contributed by atoms with Crippen LogP contribution in [-0.2, 0) is 22.4 Å². The van der Waals surface area contributed by atoms with Gasteiger partial charge in [-0.2, -0.15) is 0 Å². The molecular weight excluding hydrogens is 380 g/mol. The van der Waals surface area contributed by atoms with Crippen LogP contribution in [0.25, 0.3) is 21.9 Å². The van der Waals surface area contributed by atoms with Gasteiger partial charge in [-0.3, -0.25) is 0 Å². The summed E-state index contributed by atoms with van der Waals surface area (Å²) in [7, 11) is 0. The molecule has 4 aromatic rings. The van der Waals surface area contributed by atoms with Crippen molar-refractivity contribution >= 4 is 33.9 Å². The Morgan fingerprint density at radius 2 is 1.77 bits per heavy atom. The number of alkyl carbamates (subject to hydrolysis) is 1. The van der Waals surface area contributed by atoms with Crippen LogP contribution in [-0.4, -0.2) is 23.1 Å². The average molecular weight is 400 g/mol. The largest absolute Gasteiger partial charge is 0.440 e. The summed E-state index contributed by atoms with van der Waals surface area (Å²) in [5.41, 5.74) is 3.87. The molecule has 6 nitrogen and oxygen atoms in total. The van der Waals surface area contributed by atoms with Crippen LogP contribution in [0, 0.1) is 0 Å². The second-order valence-corrected chi connectivity index (χ2v) is 7.57. The third-order valence-electron chi connectivity index (χ3n) is 5.39. The van der Waals surface area contributed by atoms with Crippen LogP contribution < -0.4 is 5.32 Å². The molecule has 1 N–H and O–H groups in total. The quantitative estimate of drug-likeness (QED) is 0.380. The van der Waals surface area contributed by atoms with Crippen LogP contribution in [0.2, 0.25) is 0 Å². The first-order chi connectivity index (χ1) is 14.6. The zero-order valence-electron chi connectivity index (χ0n) is 16.3. The molecule has 1 aromatic heterocycles. The van der Waals surface area contributed by atoms with Gasteiger partial charge < -0.3 is 14.5 Å². The standard InChI is InChI=1S/C24H20N2O4/c27-23-19(26-24(28)30-23)7-3-4-15-9-11-21-20(13-15)25-22(29-21)14-16-8-10-17-5-1-2-6-18(17)12-16/h1-2,5-6,8-13,19H,3-4,7,14H2,(H,26,28). The van der Waals surface area contributed by atoms with E-state index in [0.29, 0.717) is 18.7 Å². The number of carbonyl (C=O) groups is 2. The van der Waals surface area contributed by atoms with Crippen LogP contribution in [0.3, 0.4) is 0 Å². The van der Waals surface area contributed by atoms with Gasteiger partial charge in [-0.25, -0.2) is 14.6 Å². The number of nitrogens with zero attached hydrogens (tertiary/aromatic N) is 1. The maximum atomic E-state index is 11.5. The summed E-state index contributed by atoms with van der Waals surface area (Å²) in [5.74, 6) is 0.194. The lowest BCUT2D eigenvalue weighted by Crippen LogP contribution is -2.28. The molecule has 1 aliphatic rings. The molecule has 0 bridgehead atoms. The van der Waals surface area contributed by atoms with Crippen molar-refractivity contribution in [2.45, 2.75) is 31.7 Å². The number of esters is 1. The number of aromatic nitrogens is 1. The Hall–Kier alpha value is -3.67. The molecule has 0 radical (unpaired) electrons. The predicted molar refractivity (Wildman–Crippen MR) is 112 cm³/mol. The molecule has 2 heterocycles. The van der Waals surface area contributed by atoms with Crippen LogP contribution in [0.15, 0.2) is 65.1 Å². The monoisotopic (exact) mass is 400 g/mol. The molecule has 1 fully saturated rings. The van der Waals surface area contributed by atoms with Gasteiger partial charge in [-0.15, -0.1) is 0 Å². The van der Waals surface area contributed by atoms with Gasteiger partial charge in [0.15, 0.2) is 11.5 Å². The third-order valence-corrected chi connectivity index (χ3v) is 5.39. The number of ether oxygens (including phenoxy) is 1. The fraction of sp³-hybridized carbons (Fsp3) is 0.208. The fourth-order valence-electron chi connectivity index (χ4n) is 3.87. The molecule has 1 amide bonds. The summed E-state index contributed by atoms with van der Waals surface area (Å²) < 4.78 is 10.4. The minimum atomic E-state index is -0.659. The summed E-state index contributed by atoms with van der Waals surface area (Å²) in [5, 5.41) is 4.94. The number of nitrogens with one attached hydrogen (secondary N) is 1. The molecule has 1 aliphatic heterocycles. The first kappa shape index (κ1) is 18.4. The number of oxazole rings is 1. The Kier molecular flexibility index (Phi) is 4.67. The van der Waals surface area contributed by atoms with Crippen molar-refractivity contribution in [3.8, 4) is 0 Å². The highest BCUT2D eigenvalue weighted by Crippen LogP contribution is 2.22. The van der Waals surface area contributed by atoms with Crippen LogP contribution in [0.1, 0.15) is 29.9 Å². The topological polar surface area (TPSA) is 81.4 Å². The van der Waals surface area contributed by atoms with Crippen molar-refractivity contribution in [3.63, 3.8) is 0 Å². The van der Waals surface area contributed by atoms with Gasteiger partial charge in [-0.05, 0) is 53.3 Å². The van der Waals surface area contributed by atoms with Crippen molar-refractivity contribution in [2.24, 2.45) is 0 Å². The predicted octanol–water partition coefficient (Wildman–Crippen LogP) is 4.53. The first-order valence-electron chi connectivity index (χ1n) is 10.0. The van der Waals surface area contributed by atoms with Crippen LogP contribution in [0.4, 0.5) is 4.79 Å². The van der Waals surface area contributed by atoms with E-state index in [1.807, 2.05) is 30.3 Å². The average Bonchev–Trinajstić information content (AvgIpc) is 3.29. The Morgan fingerprint density at radius 3 is 2.60 bits per heavy atom. The highest BCUT2D eigenvalue weighted by atomic mass is 16.6. The van der Waals surface area contributed by atoms with Crippen molar-refractivity contribution in [1.29, 1.82) is 0 Å². The molecule has 0 aliphatic carbocycles. The van der Waals surface area contributed by atoms with Crippen molar-refractivity contribution in [2.75, 3.05) is 0 Å². The summed E-state index contributed by atoms with van der Waals surface area (Å²) in [6, 6.07) is 20.1. The van der Waals surface area contributed by atoms with Gasteiger partial charge in [0.2, 0.25) is 0 Å². The highest BCUT2D eigenvalue weighted by molar-refractivity contribution is 5.95. The smallest absolute Gasteiger partial charge is 0.415 e. The second-order valence-electron chi connectivity index (χ2n) is 7.57. The van der Waals surface area contributed by atoms with Gasteiger partial charge in [0.05, 0.1) is 0 Å². The Labute approximate surface area is 172 Å². The van der Waals surface area contributed by atoms with Gasteiger partial charge >= 0.3 is 12.1 Å². The fourth-order valence-corrected chi connectivity index (χ4v) is 3.87. The minimum Gasteiger partial charge on any atom is -0.440 e. The summed E-state index contributed by atoms with van der Waals surface area (Å²) in [6.45, 7) is 0. The van der Waals surface area contributed by atoms with Crippen molar-refractivity contribution in [3.05, 3.63) is 77.7 Å². The Balaban J connectivity index is 1.26. The van der Waals surface area contributed by atoms with E-state index in [9.17, 15) is 9.59 Å². The number of hydrogen-bond donors (Lipinski definition) is 1. The molecule has 1 unspecified atom stereocenters. The lowest BCUT2D eigenvalue weighted by Gasteiger charge is -2.05. The zero-order chi connectivity index (χ0) is 20.5. The van der Waals surface area contributed by atoms with Gasteiger partial charge in [0.1, 0.15) is 11.6 Å². The van der Waals surface area contributed by atoms with E-state index in [-0.39, 0.29) is 0 Å². The summed E-state index contributed by atoms with van der Waals surface area (Å²) in [4.78, 5) is 27.2. The molecule has 0 spiro atoms. The number of benzene rings is 3. The van der Waals surface area contributed by atoms with Gasteiger partial charge in [0.25, 0.3) is 0 Å². The number of rotatable bonds is 6. The number of hydrogen-bond acceptors (Lipinski definition) is 5. The van der Waals surface area contributed by atoms with E-state index < -0.39 is 18.1 Å². The molecule has 6 heteroatoms. The molecule has 5 rings (SSSR count). The Morgan fingerprint density at radius 1 is 0.933 bits per heavy atom. The minimum absolute atomic E-state index is 0.495. The van der Waals surface area contributed by atoms with Gasteiger partial charge in [0, 0.05) is 6.42 Å². The Bertz CT molecular complexity index is 1260. The van der Waals surface area contributed by atoms with E-state index >= 15 is 0 Å². The molecule has 1 saturated heterocycles. The lowest BCUT2D eigenvalue weighted by atomic mass is 10.0. The lowest BCUT2D eigenvalue weighted by molar-refractivity contribution is -0.135. The number of aryl methyl sites for hydroxylation is 1. The zero-order valence-corrected chi connectivity index (χ0v) is 16.3. The molecular formula is C24H20N2O4. The molecule has 3 aromatic carbocycles. The SMILES string of the molecule is O=C1NC(CCCc2ccc3oc(Cc4ccc5ccccc5c4)nc3c2)C(=O)O1. The molecule has 1 atom stereocenters. The highest BCUT2D eigenvalue weighted by Gasteiger charge is 2.31. The number of amides is 1. The number of carbonyl (C=O) groups excluding carboxylic acids is 2.